The Labute approximate surface area is 188 Å². The van der Waals surface area contributed by atoms with Gasteiger partial charge in [0.1, 0.15) is 11.5 Å². The van der Waals surface area contributed by atoms with E-state index in [0.29, 0.717) is 11.6 Å². The molecule has 1 heterocycles. The second-order valence-electron chi connectivity index (χ2n) is 7.19. The number of hydrogen-bond donors (Lipinski definition) is 0. The largest absolute Gasteiger partial charge is 0.497 e. The van der Waals surface area contributed by atoms with Crippen LogP contribution < -0.4 is 9.47 Å². The van der Waals surface area contributed by atoms with E-state index < -0.39 is 9.84 Å². The lowest BCUT2D eigenvalue weighted by atomic mass is 10.1. The lowest BCUT2D eigenvalue weighted by molar-refractivity contribution is 0.131. The fourth-order valence-electron chi connectivity index (χ4n) is 3.49. The van der Waals surface area contributed by atoms with Crippen LogP contribution in [0.3, 0.4) is 0 Å². The van der Waals surface area contributed by atoms with Crippen molar-refractivity contribution in [2.75, 3.05) is 52.7 Å². The van der Waals surface area contributed by atoms with Gasteiger partial charge in [-0.1, -0.05) is 23.2 Å². The quantitative estimate of drug-likeness (QED) is 0.584. The highest BCUT2D eigenvalue weighted by atomic mass is 35.5. The Balaban J connectivity index is 1.54. The normalized spacial score (nSPS) is 15.9. The van der Waals surface area contributed by atoms with Gasteiger partial charge in [0.2, 0.25) is 0 Å². The maximum atomic E-state index is 12.7. The summed E-state index contributed by atoms with van der Waals surface area (Å²) in [6.07, 6.45) is 0. The molecule has 0 aliphatic carbocycles. The van der Waals surface area contributed by atoms with Gasteiger partial charge < -0.3 is 9.47 Å². The zero-order chi connectivity index (χ0) is 21.7. The highest BCUT2D eigenvalue weighted by Gasteiger charge is 2.23. The Morgan fingerprint density at radius 3 is 2.30 bits per heavy atom. The van der Waals surface area contributed by atoms with Crippen LogP contribution in [0.2, 0.25) is 10.0 Å². The minimum Gasteiger partial charge on any atom is -0.497 e. The first kappa shape index (κ1) is 23.2. The smallest absolute Gasteiger partial charge is 0.181 e. The second kappa shape index (κ2) is 10.2. The molecule has 0 saturated carbocycles. The Bertz CT molecular complexity index is 977. The highest BCUT2D eigenvalue weighted by Crippen LogP contribution is 2.27. The number of hydrogen-bond acceptors (Lipinski definition) is 6. The fraction of sp³-hybridized carbons (Fsp3) is 0.429. The van der Waals surface area contributed by atoms with Gasteiger partial charge in [-0.2, -0.15) is 0 Å². The fourth-order valence-corrected chi connectivity index (χ4v) is 5.59. The number of ether oxygens (including phenoxy) is 2. The second-order valence-corrected chi connectivity index (χ2v) is 10.1. The molecule has 0 spiro atoms. The molecule has 1 aliphatic rings. The number of sulfone groups is 1. The number of piperazine rings is 1. The average molecular weight is 473 g/mol. The molecule has 0 bridgehead atoms. The summed E-state index contributed by atoms with van der Waals surface area (Å²) in [5.41, 5.74) is 1.07. The first-order valence-corrected chi connectivity index (χ1v) is 12.1. The van der Waals surface area contributed by atoms with Crippen molar-refractivity contribution in [3.8, 4) is 11.5 Å². The van der Waals surface area contributed by atoms with E-state index in [9.17, 15) is 8.42 Å². The predicted molar refractivity (Wildman–Crippen MR) is 120 cm³/mol. The molecule has 0 radical (unpaired) electrons. The van der Waals surface area contributed by atoms with Gasteiger partial charge in [-0.3, -0.25) is 9.80 Å². The zero-order valence-electron chi connectivity index (χ0n) is 17.1. The molecule has 6 nitrogen and oxygen atoms in total. The number of benzene rings is 2. The molecular formula is C21H26Cl2N2O4S. The highest BCUT2D eigenvalue weighted by molar-refractivity contribution is 7.91. The van der Waals surface area contributed by atoms with Crippen molar-refractivity contribution in [1.29, 1.82) is 0 Å². The molecule has 0 amide bonds. The number of nitrogens with zero attached hydrogens (tertiary/aromatic N) is 2. The lowest BCUT2D eigenvalue weighted by Crippen LogP contribution is -2.47. The van der Waals surface area contributed by atoms with Crippen molar-refractivity contribution in [1.82, 2.24) is 9.80 Å². The summed E-state index contributed by atoms with van der Waals surface area (Å²) >= 11 is 12.0. The zero-order valence-corrected chi connectivity index (χ0v) is 19.4. The molecule has 30 heavy (non-hydrogen) atoms. The van der Waals surface area contributed by atoms with Gasteiger partial charge in [0.15, 0.2) is 9.84 Å². The van der Waals surface area contributed by atoms with Crippen LogP contribution in [-0.4, -0.2) is 70.9 Å². The van der Waals surface area contributed by atoms with Crippen LogP contribution in [0.15, 0.2) is 41.3 Å². The third-order valence-electron chi connectivity index (χ3n) is 5.25. The van der Waals surface area contributed by atoms with E-state index in [1.54, 1.807) is 20.3 Å². The van der Waals surface area contributed by atoms with Crippen LogP contribution in [0.5, 0.6) is 11.5 Å². The summed E-state index contributed by atoms with van der Waals surface area (Å²) in [5.74, 6) is 1.65. The molecule has 1 fully saturated rings. The molecule has 1 saturated heterocycles. The van der Waals surface area contributed by atoms with Gasteiger partial charge in [0.25, 0.3) is 0 Å². The van der Waals surface area contributed by atoms with E-state index in [1.165, 1.54) is 12.1 Å². The van der Waals surface area contributed by atoms with Crippen molar-refractivity contribution in [3.63, 3.8) is 0 Å². The van der Waals surface area contributed by atoms with E-state index in [-0.39, 0.29) is 15.7 Å². The topological polar surface area (TPSA) is 59.1 Å². The summed E-state index contributed by atoms with van der Waals surface area (Å²) < 4.78 is 36.1. The molecule has 0 atom stereocenters. The molecular weight excluding hydrogens is 447 g/mol. The van der Waals surface area contributed by atoms with Crippen LogP contribution in [0.25, 0.3) is 0 Å². The third kappa shape index (κ3) is 5.80. The van der Waals surface area contributed by atoms with Crippen molar-refractivity contribution in [2.24, 2.45) is 0 Å². The molecule has 0 aromatic heterocycles. The summed E-state index contributed by atoms with van der Waals surface area (Å²) in [7, 11) is -0.183. The van der Waals surface area contributed by atoms with Crippen LogP contribution in [0.1, 0.15) is 5.56 Å². The van der Waals surface area contributed by atoms with Gasteiger partial charge in [-0.25, -0.2) is 8.42 Å². The third-order valence-corrected chi connectivity index (χ3v) is 7.66. The molecule has 164 valence electrons. The molecule has 9 heteroatoms. The summed E-state index contributed by atoms with van der Waals surface area (Å²) in [4.78, 5) is 4.59. The molecule has 2 aromatic carbocycles. The van der Waals surface area contributed by atoms with E-state index in [4.69, 9.17) is 32.7 Å². The van der Waals surface area contributed by atoms with Crippen molar-refractivity contribution in [2.45, 2.75) is 11.4 Å². The SMILES string of the molecule is COc1ccc(OC)c(CN2CCN(CCS(=O)(=O)c3cc(Cl)ccc3Cl)CC2)c1. The number of rotatable bonds is 8. The van der Waals surface area contributed by atoms with Gasteiger partial charge in [0, 0.05) is 49.9 Å². The Hall–Kier alpha value is -1.51. The molecule has 3 rings (SSSR count). The molecule has 1 aliphatic heterocycles. The monoisotopic (exact) mass is 472 g/mol. The van der Waals surface area contributed by atoms with E-state index >= 15 is 0 Å². The molecule has 2 aromatic rings. The predicted octanol–water partition coefficient (Wildman–Crippen LogP) is 3.60. The van der Waals surface area contributed by atoms with Gasteiger partial charge in [0.05, 0.1) is 29.9 Å². The minimum absolute atomic E-state index is 0.0107. The van der Waals surface area contributed by atoms with Crippen LogP contribution >= 0.6 is 23.2 Å². The average Bonchev–Trinajstić information content (AvgIpc) is 2.75. The lowest BCUT2D eigenvalue weighted by Gasteiger charge is -2.34. The van der Waals surface area contributed by atoms with Crippen LogP contribution in [-0.2, 0) is 16.4 Å². The number of methoxy groups -OCH3 is 2. The Morgan fingerprint density at radius 2 is 1.63 bits per heavy atom. The molecule has 0 N–H and O–H groups in total. The van der Waals surface area contributed by atoms with E-state index in [2.05, 4.69) is 9.80 Å². The van der Waals surface area contributed by atoms with Gasteiger partial charge >= 0.3 is 0 Å². The summed E-state index contributed by atoms with van der Waals surface area (Å²) in [6.45, 7) is 4.50. The Kier molecular flexibility index (Phi) is 7.87. The number of halogens is 2. The van der Waals surface area contributed by atoms with Crippen molar-refractivity contribution < 1.29 is 17.9 Å². The van der Waals surface area contributed by atoms with E-state index in [0.717, 1.165) is 49.8 Å². The molecule has 0 unspecified atom stereocenters. The van der Waals surface area contributed by atoms with Crippen molar-refractivity contribution in [3.05, 3.63) is 52.0 Å². The van der Waals surface area contributed by atoms with Crippen LogP contribution in [0.4, 0.5) is 0 Å². The first-order chi connectivity index (χ1) is 14.3. The minimum atomic E-state index is -3.49. The first-order valence-electron chi connectivity index (χ1n) is 9.66. The Morgan fingerprint density at radius 1 is 0.933 bits per heavy atom. The summed E-state index contributed by atoms with van der Waals surface area (Å²) in [6, 6.07) is 10.3. The van der Waals surface area contributed by atoms with Gasteiger partial charge in [-0.05, 0) is 36.4 Å². The summed E-state index contributed by atoms with van der Waals surface area (Å²) in [5, 5.41) is 0.566. The maximum Gasteiger partial charge on any atom is 0.181 e. The maximum absolute atomic E-state index is 12.7. The van der Waals surface area contributed by atoms with Crippen LogP contribution in [0, 0.1) is 0 Å². The van der Waals surface area contributed by atoms with Gasteiger partial charge in [-0.15, -0.1) is 0 Å². The van der Waals surface area contributed by atoms with Crippen molar-refractivity contribution >= 4 is 33.0 Å². The van der Waals surface area contributed by atoms with E-state index in [1.807, 2.05) is 18.2 Å². The standard InChI is InChI=1S/C21H26Cl2N2O4S/c1-28-18-4-6-20(29-2)16(13-18)15-25-9-7-24(8-10-25)11-12-30(26,27)21-14-17(22)3-5-19(21)23/h3-6,13-14H,7-12,15H2,1-2H3.